The largest absolute Gasteiger partial charge is 0.506 e. The Bertz CT molecular complexity index is 3140. The van der Waals surface area contributed by atoms with Crippen LogP contribution in [0, 0.1) is 0 Å². The Morgan fingerprint density at radius 3 is 1.40 bits per heavy atom. The molecule has 0 amide bonds. The van der Waals surface area contributed by atoms with Crippen molar-refractivity contribution in [3.8, 4) is 23.0 Å². The zero-order valence-electron chi connectivity index (χ0n) is 34.7. The zero-order valence-corrected chi connectivity index (χ0v) is 45.9. The molecular formula is C36H30N4Na4O17S4. The summed E-state index contributed by atoms with van der Waals surface area (Å²) in [5.41, 5.74) is -0.294. The van der Waals surface area contributed by atoms with Crippen LogP contribution in [0.25, 0.3) is 21.5 Å². The van der Waals surface area contributed by atoms with E-state index in [1.165, 1.54) is 36.4 Å². The number of hydrogen-bond donors (Lipinski definition) is 6. The summed E-state index contributed by atoms with van der Waals surface area (Å²) in [7, 11) is -19.6. The van der Waals surface area contributed by atoms with Crippen molar-refractivity contribution < 1.29 is 76.3 Å². The summed E-state index contributed by atoms with van der Waals surface area (Å²) in [6.07, 6.45) is 0. The van der Waals surface area contributed by atoms with Gasteiger partial charge in [-0.05, 0) is 95.7 Å². The molecule has 6 aromatic rings. The van der Waals surface area contributed by atoms with Crippen LogP contribution in [0.1, 0.15) is 0 Å². The number of phenolic OH excluding ortho intramolecular Hbond substituents is 2. The standard InChI is InChI=1S/C36H30N4O17S4.4Na/c41-30-12-1-21-17-28(59(46,47)48)20-31(60(49,50)51)33(21)35(30)40-38-24-4-8-26(9-5-24)57-16-14-55-13-15-56-25-6-2-23(3-7-25)37-39-34-29-11-10-27(58(43,44)45)18-22(29)19-32(36(34)42)61(52,53)54;;;;/h1-12,17-20,41-42H,13-16H2,(H,43,44,45)(H,46,47,48)(H,49,50,51)(H,52,53,54);;;;. The van der Waals surface area contributed by atoms with Gasteiger partial charge in [0.1, 0.15) is 51.6 Å². The van der Waals surface area contributed by atoms with Crippen molar-refractivity contribution in [3.05, 3.63) is 97.1 Å². The van der Waals surface area contributed by atoms with E-state index in [4.69, 9.17) is 14.2 Å². The van der Waals surface area contributed by atoms with Crippen molar-refractivity contribution >= 4 is 203 Å². The van der Waals surface area contributed by atoms with Crippen molar-refractivity contribution in [2.75, 3.05) is 26.4 Å². The molecule has 0 bridgehead atoms. The predicted octanol–water partition coefficient (Wildman–Crippen LogP) is 5.17. The monoisotopic (exact) mass is 1010 g/mol. The van der Waals surface area contributed by atoms with E-state index in [2.05, 4.69) is 20.5 Å². The topological polar surface area (TPSA) is 335 Å². The summed E-state index contributed by atoms with van der Waals surface area (Å²) in [5.74, 6) is -0.613. The second kappa shape index (κ2) is 24.4. The van der Waals surface area contributed by atoms with Crippen LogP contribution >= 0.6 is 0 Å². The number of rotatable bonds is 16. The smallest absolute Gasteiger partial charge is 0.298 e. The quantitative estimate of drug-likeness (QED) is 0.0315. The van der Waals surface area contributed by atoms with E-state index in [9.17, 15) is 62.1 Å². The Labute approximate surface area is 459 Å². The molecule has 6 N–H and O–H groups in total. The van der Waals surface area contributed by atoms with Crippen molar-refractivity contribution in [2.24, 2.45) is 20.5 Å². The van der Waals surface area contributed by atoms with Gasteiger partial charge in [-0.2, -0.15) is 43.9 Å². The van der Waals surface area contributed by atoms with Crippen LogP contribution < -0.4 is 9.47 Å². The Morgan fingerprint density at radius 1 is 0.446 bits per heavy atom. The van der Waals surface area contributed by atoms with Crippen molar-refractivity contribution in [1.29, 1.82) is 0 Å². The van der Waals surface area contributed by atoms with Gasteiger partial charge in [0.25, 0.3) is 40.5 Å². The summed E-state index contributed by atoms with van der Waals surface area (Å²) < 4.78 is 150. The minimum Gasteiger partial charge on any atom is -0.506 e. The zero-order chi connectivity index (χ0) is 44.3. The van der Waals surface area contributed by atoms with Crippen LogP contribution in [0.3, 0.4) is 0 Å². The summed E-state index contributed by atoms with van der Waals surface area (Å²) in [6, 6.07) is 19.9. The predicted molar refractivity (Wildman–Crippen MR) is 237 cm³/mol. The maximum absolute atomic E-state index is 12.1. The number of phenols is 2. The summed E-state index contributed by atoms with van der Waals surface area (Å²) in [6.45, 7) is 0.650. The third-order valence-corrected chi connectivity index (χ3v) is 11.8. The van der Waals surface area contributed by atoms with Crippen molar-refractivity contribution in [2.45, 2.75) is 19.6 Å². The Hall–Kier alpha value is -2.16. The first kappa shape index (κ1) is 59.0. The molecule has 0 unspecified atom stereocenters. The summed E-state index contributed by atoms with van der Waals surface area (Å²) >= 11 is 0. The van der Waals surface area contributed by atoms with Crippen LogP contribution in [0.5, 0.6) is 23.0 Å². The van der Waals surface area contributed by atoms with Crippen LogP contribution in [-0.4, -0.2) is 207 Å². The molecule has 0 aliphatic heterocycles. The maximum Gasteiger partial charge on any atom is 0.298 e. The molecule has 324 valence electrons. The van der Waals surface area contributed by atoms with E-state index >= 15 is 0 Å². The van der Waals surface area contributed by atoms with E-state index in [0.29, 0.717) is 17.6 Å². The van der Waals surface area contributed by atoms with E-state index < -0.39 is 82.9 Å². The Balaban J connectivity index is 0.00000363. The van der Waals surface area contributed by atoms with Gasteiger partial charge in [0.15, 0.2) is 5.75 Å². The van der Waals surface area contributed by atoms with E-state index in [0.717, 1.165) is 30.3 Å². The Kier molecular flexibility index (Phi) is 22.1. The van der Waals surface area contributed by atoms with Gasteiger partial charge >= 0.3 is 0 Å². The fourth-order valence-corrected chi connectivity index (χ4v) is 8.08. The van der Waals surface area contributed by atoms with Gasteiger partial charge in [-0.3, -0.25) is 18.2 Å². The SMILES string of the molecule is O=S(=O)(O)c1ccc2c(N=Nc3ccc(OCCOCCOc4ccc(N=Nc5c(O)ccc6cc(S(=O)(=O)O)cc(S(=O)(=O)O)c56)cc4)cc3)c(O)c(S(=O)(=O)O)cc2c1.[Na].[Na].[Na].[Na]. The van der Waals surface area contributed by atoms with Gasteiger partial charge in [0.2, 0.25) is 0 Å². The molecule has 0 heterocycles. The molecule has 0 saturated heterocycles. The maximum atomic E-state index is 12.1. The second-order valence-electron chi connectivity index (χ2n) is 12.5. The molecule has 0 saturated carbocycles. The number of nitrogens with zero attached hydrogens (tertiary/aromatic N) is 4. The van der Waals surface area contributed by atoms with Gasteiger partial charge in [0.05, 0.1) is 34.4 Å². The van der Waals surface area contributed by atoms with Gasteiger partial charge in [-0.1, -0.05) is 12.1 Å². The number of fused-ring (bicyclic) bond motifs is 2. The van der Waals surface area contributed by atoms with Gasteiger partial charge in [-0.25, -0.2) is 0 Å². The molecule has 6 rings (SSSR count). The van der Waals surface area contributed by atoms with Crippen LogP contribution in [0.4, 0.5) is 22.7 Å². The number of ether oxygens (including phenoxy) is 3. The van der Waals surface area contributed by atoms with Gasteiger partial charge in [0, 0.05) is 129 Å². The summed E-state index contributed by atoms with van der Waals surface area (Å²) in [5, 5.41) is 36.4. The molecule has 0 aliphatic carbocycles. The minimum absolute atomic E-state index is 0. The van der Waals surface area contributed by atoms with Gasteiger partial charge in [-0.15, -0.1) is 10.2 Å². The second-order valence-corrected chi connectivity index (χ2v) is 18.1. The molecule has 29 heteroatoms. The van der Waals surface area contributed by atoms with Crippen LogP contribution in [0.2, 0.25) is 0 Å². The first-order valence-corrected chi connectivity index (χ1v) is 22.7. The molecule has 0 atom stereocenters. The molecule has 0 fully saturated rings. The van der Waals surface area contributed by atoms with E-state index in [1.54, 1.807) is 24.3 Å². The molecule has 0 spiro atoms. The van der Waals surface area contributed by atoms with E-state index in [1.807, 2.05) is 0 Å². The van der Waals surface area contributed by atoms with Gasteiger partial charge < -0.3 is 24.4 Å². The van der Waals surface area contributed by atoms with E-state index in [-0.39, 0.29) is 178 Å². The first-order valence-electron chi connectivity index (χ1n) is 17.0. The molecular weight excluding hydrogens is 981 g/mol. The molecule has 65 heavy (non-hydrogen) atoms. The average molecular weight is 1010 g/mol. The van der Waals surface area contributed by atoms with Crippen molar-refractivity contribution in [3.63, 3.8) is 0 Å². The average Bonchev–Trinajstić information content (AvgIpc) is 3.18. The van der Waals surface area contributed by atoms with Crippen LogP contribution in [0.15, 0.2) is 137 Å². The number of hydrogen-bond acceptors (Lipinski definition) is 17. The fraction of sp³-hybridized carbons (Fsp3) is 0.111. The molecule has 21 nitrogen and oxygen atoms in total. The number of azo groups is 2. The van der Waals surface area contributed by atoms with Crippen molar-refractivity contribution in [1.82, 2.24) is 0 Å². The number of benzene rings is 6. The molecule has 0 aromatic heterocycles. The third kappa shape index (κ3) is 15.4. The fourth-order valence-electron chi connectivity index (χ4n) is 5.59. The number of aromatic hydroxyl groups is 2. The Morgan fingerprint density at radius 2 is 0.923 bits per heavy atom. The van der Waals surface area contributed by atoms with Crippen LogP contribution in [-0.2, 0) is 45.2 Å². The molecule has 6 aromatic carbocycles. The molecule has 4 radical (unpaired) electrons. The first-order chi connectivity index (χ1) is 28.6. The molecule has 0 aliphatic rings. The minimum atomic E-state index is -5.06. The summed E-state index contributed by atoms with van der Waals surface area (Å²) in [4.78, 5) is -3.24. The third-order valence-electron chi connectivity index (χ3n) is 8.38. The normalized spacial score (nSPS) is 12.0.